The smallest absolute Gasteiger partial charge is 0.449 e. The lowest BCUT2D eigenvalue weighted by Gasteiger charge is -2.09. The molecule has 4 rings (SSSR count). The molecule has 2 heterocycles. The van der Waals surface area contributed by atoms with Crippen molar-refractivity contribution in [1.82, 2.24) is 19.7 Å². The third-order valence-corrected chi connectivity index (χ3v) is 5.33. The van der Waals surface area contributed by atoms with Gasteiger partial charge in [-0.2, -0.15) is 5.10 Å². The van der Waals surface area contributed by atoms with Crippen molar-refractivity contribution in [1.29, 1.82) is 0 Å². The van der Waals surface area contributed by atoms with Crippen molar-refractivity contribution in [2.45, 2.75) is 39.2 Å². The van der Waals surface area contributed by atoms with Crippen LogP contribution in [0.15, 0.2) is 73.1 Å². The standard InChI is InChI=1S/C26H26N4O3/c1-2-3-9-25-28-24(16-19-7-5-4-6-8-19)29-30(25)18-20-10-12-21(13-11-20)22-14-15-27-17-23(22)33-26(31)32/h4-8,10-15,17H,2-3,9,16,18H2,1H3,(H,31,32). The van der Waals surface area contributed by atoms with Gasteiger partial charge in [-0.25, -0.2) is 14.5 Å². The van der Waals surface area contributed by atoms with E-state index in [1.807, 2.05) is 47.1 Å². The first-order valence-electron chi connectivity index (χ1n) is 11.0. The van der Waals surface area contributed by atoms with Gasteiger partial charge in [0.2, 0.25) is 0 Å². The number of carbonyl (C=O) groups is 1. The molecule has 0 fully saturated rings. The molecule has 0 saturated heterocycles. The van der Waals surface area contributed by atoms with Crippen LogP contribution in [-0.2, 0) is 19.4 Å². The fourth-order valence-electron chi connectivity index (χ4n) is 3.68. The predicted molar refractivity (Wildman–Crippen MR) is 125 cm³/mol. The van der Waals surface area contributed by atoms with E-state index in [1.54, 1.807) is 12.3 Å². The van der Waals surface area contributed by atoms with Crippen LogP contribution in [0.2, 0.25) is 0 Å². The number of pyridine rings is 1. The molecule has 0 amide bonds. The van der Waals surface area contributed by atoms with Gasteiger partial charge in [-0.15, -0.1) is 0 Å². The van der Waals surface area contributed by atoms with Crippen molar-refractivity contribution in [2.24, 2.45) is 0 Å². The molecule has 7 nitrogen and oxygen atoms in total. The highest BCUT2D eigenvalue weighted by Gasteiger charge is 2.13. The van der Waals surface area contributed by atoms with Crippen LogP contribution in [0.5, 0.6) is 5.75 Å². The maximum atomic E-state index is 11.0. The van der Waals surface area contributed by atoms with Gasteiger partial charge in [-0.05, 0) is 29.2 Å². The summed E-state index contributed by atoms with van der Waals surface area (Å²) in [7, 11) is 0. The second-order valence-electron chi connectivity index (χ2n) is 7.80. The monoisotopic (exact) mass is 442 g/mol. The van der Waals surface area contributed by atoms with Crippen molar-refractivity contribution in [3.63, 3.8) is 0 Å². The number of ether oxygens (including phenoxy) is 1. The molecule has 4 aromatic rings. The Morgan fingerprint density at radius 1 is 1.03 bits per heavy atom. The van der Waals surface area contributed by atoms with E-state index in [-0.39, 0.29) is 5.75 Å². The van der Waals surface area contributed by atoms with Crippen LogP contribution in [0, 0.1) is 0 Å². The Bertz CT molecular complexity index is 1200. The van der Waals surface area contributed by atoms with Crippen LogP contribution >= 0.6 is 0 Å². The van der Waals surface area contributed by atoms with E-state index in [0.29, 0.717) is 18.5 Å². The second-order valence-corrected chi connectivity index (χ2v) is 7.80. The maximum absolute atomic E-state index is 11.0. The molecule has 0 aliphatic carbocycles. The molecular formula is C26H26N4O3. The first kappa shape index (κ1) is 22.2. The van der Waals surface area contributed by atoms with Crippen molar-refractivity contribution >= 4 is 6.16 Å². The van der Waals surface area contributed by atoms with Crippen molar-refractivity contribution in [3.05, 3.63) is 95.8 Å². The quantitative estimate of drug-likeness (QED) is 0.350. The SMILES string of the molecule is CCCCc1nc(Cc2ccccc2)nn1Cc1ccc(-c2ccncc2OC(=O)O)cc1. The number of carboxylic acid groups (broad SMARTS) is 1. The predicted octanol–water partition coefficient (Wildman–Crippen LogP) is 5.38. The van der Waals surface area contributed by atoms with Gasteiger partial charge in [0.15, 0.2) is 11.6 Å². The highest BCUT2D eigenvalue weighted by atomic mass is 16.7. The number of hydrogen-bond acceptors (Lipinski definition) is 5. The summed E-state index contributed by atoms with van der Waals surface area (Å²) < 4.78 is 6.86. The van der Waals surface area contributed by atoms with Gasteiger partial charge < -0.3 is 9.84 Å². The second kappa shape index (κ2) is 10.5. The Hall–Kier alpha value is -4.00. The highest BCUT2D eigenvalue weighted by molar-refractivity contribution is 5.73. The first-order chi connectivity index (χ1) is 16.1. The minimum absolute atomic E-state index is 0.210. The fraction of sp³-hybridized carbons (Fsp3) is 0.231. The number of benzene rings is 2. The van der Waals surface area contributed by atoms with E-state index in [4.69, 9.17) is 19.9 Å². The van der Waals surface area contributed by atoms with Crippen LogP contribution in [0.1, 0.15) is 42.5 Å². The minimum atomic E-state index is -1.36. The van der Waals surface area contributed by atoms with E-state index >= 15 is 0 Å². The maximum Gasteiger partial charge on any atom is 0.511 e. The molecule has 0 spiro atoms. The van der Waals surface area contributed by atoms with E-state index in [9.17, 15) is 4.79 Å². The molecule has 0 atom stereocenters. The van der Waals surface area contributed by atoms with Gasteiger partial charge in [0.25, 0.3) is 0 Å². The van der Waals surface area contributed by atoms with Gasteiger partial charge in [0.1, 0.15) is 5.82 Å². The molecule has 0 radical (unpaired) electrons. The summed E-state index contributed by atoms with van der Waals surface area (Å²) >= 11 is 0. The van der Waals surface area contributed by atoms with Gasteiger partial charge in [-0.1, -0.05) is 67.9 Å². The molecule has 0 unspecified atom stereocenters. The Morgan fingerprint density at radius 3 is 2.55 bits per heavy atom. The lowest BCUT2D eigenvalue weighted by molar-refractivity contribution is 0.144. The average molecular weight is 443 g/mol. The van der Waals surface area contributed by atoms with Gasteiger partial charge in [-0.3, -0.25) is 4.98 Å². The summed E-state index contributed by atoms with van der Waals surface area (Å²) in [5.74, 6) is 2.04. The first-order valence-corrected chi connectivity index (χ1v) is 11.0. The molecule has 168 valence electrons. The van der Waals surface area contributed by atoms with Crippen LogP contribution in [-0.4, -0.2) is 31.0 Å². The molecule has 0 aliphatic rings. The number of aryl methyl sites for hydroxylation is 1. The number of rotatable bonds is 9. The topological polar surface area (TPSA) is 90.1 Å². The summed E-state index contributed by atoms with van der Waals surface area (Å²) in [6.07, 6.45) is 5.42. The van der Waals surface area contributed by atoms with Gasteiger partial charge >= 0.3 is 6.16 Å². The minimum Gasteiger partial charge on any atom is -0.449 e. The molecule has 1 N–H and O–H groups in total. The number of aromatic nitrogens is 4. The Kier molecular flexibility index (Phi) is 7.09. The van der Waals surface area contributed by atoms with Crippen molar-refractivity contribution in [3.8, 4) is 16.9 Å². The highest BCUT2D eigenvalue weighted by Crippen LogP contribution is 2.29. The summed E-state index contributed by atoms with van der Waals surface area (Å²) in [6.45, 7) is 2.79. The molecule has 2 aromatic carbocycles. The zero-order chi connectivity index (χ0) is 23.0. The van der Waals surface area contributed by atoms with E-state index in [2.05, 4.69) is 24.0 Å². The third kappa shape index (κ3) is 5.83. The number of hydrogen-bond donors (Lipinski definition) is 1. The Morgan fingerprint density at radius 2 is 1.82 bits per heavy atom. The summed E-state index contributed by atoms with van der Waals surface area (Å²) in [5.41, 5.74) is 3.81. The van der Waals surface area contributed by atoms with Crippen LogP contribution in [0.3, 0.4) is 0 Å². The average Bonchev–Trinajstić information content (AvgIpc) is 3.19. The normalized spacial score (nSPS) is 10.8. The number of nitrogens with zero attached hydrogens (tertiary/aromatic N) is 4. The molecule has 0 bridgehead atoms. The zero-order valence-electron chi connectivity index (χ0n) is 18.5. The van der Waals surface area contributed by atoms with Crippen LogP contribution in [0.25, 0.3) is 11.1 Å². The molecule has 0 saturated carbocycles. The molecule has 2 aromatic heterocycles. The largest absolute Gasteiger partial charge is 0.511 e. The zero-order valence-corrected chi connectivity index (χ0v) is 18.5. The summed E-state index contributed by atoms with van der Waals surface area (Å²) in [5, 5.41) is 13.8. The van der Waals surface area contributed by atoms with Gasteiger partial charge in [0.05, 0.1) is 12.7 Å². The van der Waals surface area contributed by atoms with E-state index < -0.39 is 6.16 Å². The fourth-order valence-corrected chi connectivity index (χ4v) is 3.68. The number of unbranched alkanes of at least 4 members (excludes halogenated alkanes) is 1. The van der Waals surface area contributed by atoms with Crippen molar-refractivity contribution < 1.29 is 14.6 Å². The van der Waals surface area contributed by atoms with E-state index in [0.717, 1.165) is 42.0 Å². The molecule has 0 aliphatic heterocycles. The molecule has 33 heavy (non-hydrogen) atoms. The van der Waals surface area contributed by atoms with Crippen molar-refractivity contribution in [2.75, 3.05) is 0 Å². The Labute approximate surface area is 192 Å². The van der Waals surface area contributed by atoms with Gasteiger partial charge in [0, 0.05) is 24.6 Å². The van der Waals surface area contributed by atoms with Crippen LogP contribution < -0.4 is 4.74 Å². The lowest BCUT2D eigenvalue weighted by Crippen LogP contribution is -2.07. The van der Waals surface area contributed by atoms with E-state index in [1.165, 1.54) is 11.8 Å². The third-order valence-electron chi connectivity index (χ3n) is 5.33. The van der Waals surface area contributed by atoms with Crippen LogP contribution in [0.4, 0.5) is 4.79 Å². The Balaban J connectivity index is 1.54. The lowest BCUT2D eigenvalue weighted by atomic mass is 10.0. The molecule has 7 heteroatoms. The molecular weight excluding hydrogens is 416 g/mol. The summed E-state index contributed by atoms with van der Waals surface area (Å²) in [4.78, 5) is 19.7. The summed E-state index contributed by atoms with van der Waals surface area (Å²) in [6, 6.07) is 19.9.